The normalized spacial score (nSPS) is 21.1. The van der Waals surface area contributed by atoms with E-state index in [9.17, 15) is 0 Å². The van der Waals surface area contributed by atoms with Crippen LogP contribution in [0, 0.1) is 0 Å². The number of halogens is 1. The molecular formula is C16H24BrN. The molecule has 1 aliphatic rings. The van der Waals surface area contributed by atoms with E-state index < -0.39 is 0 Å². The van der Waals surface area contributed by atoms with Gasteiger partial charge in [-0.1, -0.05) is 53.5 Å². The maximum Gasteiger partial charge on any atom is 0.0236 e. The van der Waals surface area contributed by atoms with Gasteiger partial charge >= 0.3 is 0 Å². The van der Waals surface area contributed by atoms with Crippen molar-refractivity contribution in [3.05, 3.63) is 35.4 Å². The lowest BCUT2D eigenvalue weighted by Gasteiger charge is -2.35. The molecule has 0 bridgehead atoms. The van der Waals surface area contributed by atoms with E-state index in [1.54, 1.807) is 0 Å². The van der Waals surface area contributed by atoms with Crippen LogP contribution in [0.2, 0.25) is 0 Å². The zero-order valence-electron chi connectivity index (χ0n) is 11.4. The number of piperidine rings is 1. The molecule has 0 aromatic heterocycles. The van der Waals surface area contributed by atoms with E-state index >= 15 is 0 Å². The standard InChI is InChI=1S/C16H24BrN/c1-2-14-6-8-15(9-7-14)13-18-12-4-3-5-16(18)10-11-17/h6-9,16H,2-5,10-13H2,1H3. The van der Waals surface area contributed by atoms with E-state index in [0.29, 0.717) is 0 Å². The molecule has 2 heteroatoms. The van der Waals surface area contributed by atoms with Crippen molar-refractivity contribution >= 4 is 15.9 Å². The Labute approximate surface area is 120 Å². The Bertz CT molecular complexity index is 345. The second kappa shape index (κ2) is 7.30. The van der Waals surface area contributed by atoms with Crippen molar-refractivity contribution in [3.63, 3.8) is 0 Å². The molecule has 1 heterocycles. The summed E-state index contributed by atoms with van der Waals surface area (Å²) in [5, 5.41) is 1.13. The van der Waals surface area contributed by atoms with Gasteiger partial charge in [0.1, 0.15) is 0 Å². The average molecular weight is 310 g/mol. The third-order valence-electron chi connectivity index (χ3n) is 4.01. The number of nitrogens with zero attached hydrogens (tertiary/aromatic N) is 1. The Morgan fingerprint density at radius 1 is 1.17 bits per heavy atom. The van der Waals surface area contributed by atoms with Gasteiger partial charge in [-0.15, -0.1) is 0 Å². The fourth-order valence-corrected chi connectivity index (χ4v) is 3.36. The Balaban J connectivity index is 1.96. The maximum absolute atomic E-state index is 3.59. The highest BCUT2D eigenvalue weighted by molar-refractivity contribution is 9.09. The first-order valence-corrected chi connectivity index (χ1v) is 8.33. The second-order valence-electron chi connectivity index (χ2n) is 5.27. The largest absolute Gasteiger partial charge is 0.296 e. The highest BCUT2D eigenvalue weighted by Gasteiger charge is 2.21. The van der Waals surface area contributed by atoms with Gasteiger partial charge in [-0.25, -0.2) is 0 Å². The van der Waals surface area contributed by atoms with Crippen molar-refractivity contribution in [2.45, 2.75) is 51.6 Å². The van der Waals surface area contributed by atoms with Crippen LogP contribution in [0.15, 0.2) is 24.3 Å². The Hall–Kier alpha value is -0.340. The summed E-state index contributed by atoms with van der Waals surface area (Å²) < 4.78 is 0. The van der Waals surface area contributed by atoms with Crippen molar-refractivity contribution < 1.29 is 0 Å². The SMILES string of the molecule is CCc1ccc(CN2CCCCC2CCBr)cc1. The number of rotatable bonds is 5. The molecule has 1 nitrogen and oxygen atoms in total. The summed E-state index contributed by atoms with van der Waals surface area (Å²) in [5.74, 6) is 0. The predicted octanol–water partition coefficient (Wildman–Crippen LogP) is 4.39. The lowest BCUT2D eigenvalue weighted by atomic mass is 9.99. The van der Waals surface area contributed by atoms with Crippen molar-refractivity contribution in [1.29, 1.82) is 0 Å². The second-order valence-corrected chi connectivity index (χ2v) is 6.06. The van der Waals surface area contributed by atoms with Gasteiger partial charge < -0.3 is 0 Å². The third-order valence-corrected chi connectivity index (χ3v) is 4.47. The Kier molecular flexibility index (Phi) is 5.71. The molecule has 1 saturated heterocycles. The lowest BCUT2D eigenvalue weighted by Crippen LogP contribution is -2.39. The number of benzene rings is 1. The molecule has 0 radical (unpaired) electrons. The highest BCUT2D eigenvalue weighted by Crippen LogP contribution is 2.22. The number of alkyl halides is 1. The Morgan fingerprint density at radius 3 is 2.56 bits per heavy atom. The molecule has 1 unspecified atom stereocenters. The molecule has 0 aliphatic carbocycles. The zero-order chi connectivity index (χ0) is 12.8. The van der Waals surface area contributed by atoms with Gasteiger partial charge in [0.15, 0.2) is 0 Å². The number of aryl methyl sites for hydroxylation is 1. The van der Waals surface area contributed by atoms with E-state index in [-0.39, 0.29) is 0 Å². The number of hydrogen-bond donors (Lipinski definition) is 0. The van der Waals surface area contributed by atoms with Crippen LogP contribution < -0.4 is 0 Å². The first-order valence-electron chi connectivity index (χ1n) is 7.21. The topological polar surface area (TPSA) is 3.24 Å². The quantitative estimate of drug-likeness (QED) is 0.729. The first-order chi connectivity index (χ1) is 8.83. The fraction of sp³-hybridized carbons (Fsp3) is 0.625. The van der Waals surface area contributed by atoms with Crippen molar-refractivity contribution in [2.24, 2.45) is 0 Å². The van der Waals surface area contributed by atoms with Crippen LogP contribution in [-0.4, -0.2) is 22.8 Å². The van der Waals surface area contributed by atoms with Gasteiger partial charge in [-0.05, 0) is 43.4 Å². The average Bonchev–Trinajstić information content (AvgIpc) is 2.42. The molecule has 1 aliphatic heterocycles. The monoisotopic (exact) mass is 309 g/mol. The van der Waals surface area contributed by atoms with Gasteiger partial charge in [-0.2, -0.15) is 0 Å². The molecule has 0 spiro atoms. The predicted molar refractivity (Wildman–Crippen MR) is 82.3 cm³/mol. The van der Waals surface area contributed by atoms with Crippen LogP contribution >= 0.6 is 15.9 Å². The summed E-state index contributed by atoms with van der Waals surface area (Å²) in [4.78, 5) is 2.67. The molecular weight excluding hydrogens is 286 g/mol. The van der Waals surface area contributed by atoms with Gasteiger partial charge in [0.2, 0.25) is 0 Å². The molecule has 100 valence electrons. The van der Waals surface area contributed by atoms with Crippen LogP contribution in [0.4, 0.5) is 0 Å². The smallest absolute Gasteiger partial charge is 0.0236 e. The van der Waals surface area contributed by atoms with Crippen LogP contribution in [0.5, 0.6) is 0 Å². The molecule has 1 aromatic rings. The highest BCUT2D eigenvalue weighted by atomic mass is 79.9. The Morgan fingerprint density at radius 2 is 1.89 bits per heavy atom. The molecule has 0 N–H and O–H groups in total. The molecule has 1 fully saturated rings. The molecule has 18 heavy (non-hydrogen) atoms. The summed E-state index contributed by atoms with van der Waals surface area (Å²) in [6.45, 7) is 4.61. The molecule has 2 rings (SSSR count). The van der Waals surface area contributed by atoms with E-state index in [0.717, 1.165) is 24.3 Å². The van der Waals surface area contributed by atoms with Crippen LogP contribution in [0.25, 0.3) is 0 Å². The van der Waals surface area contributed by atoms with Crippen molar-refractivity contribution in [1.82, 2.24) is 4.90 Å². The van der Waals surface area contributed by atoms with Crippen LogP contribution in [0.3, 0.4) is 0 Å². The first kappa shape index (κ1) is 14.1. The van der Waals surface area contributed by atoms with Gasteiger partial charge in [-0.3, -0.25) is 4.90 Å². The lowest BCUT2D eigenvalue weighted by molar-refractivity contribution is 0.137. The minimum Gasteiger partial charge on any atom is -0.296 e. The minimum absolute atomic E-state index is 0.781. The summed E-state index contributed by atoms with van der Waals surface area (Å²) in [7, 11) is 0. The van der Waals surface area contributed by atoms with Gasteiger partial charge in [0.05, 0.1) is 0 Å². The molecule has 0 saturated carbocycles. The zero-order valence-corrected chi connectivity index (χ0v) is 13.0. The minimum atomic E-state index is 0.781. The maximum atomic E-state index is 3.59. The summed E-state index contributed by atoms with van der Waals surface area (Å²) in [6.07, 6.45) is 6.57. The summed E-state index contributed by atoms with van der Waals surface area (Å²) >= 11 is 3.59. The molecule has 1 aromatic carbocycles. The fourth-order valence-electron chi connectivity index (χ4n) is 2.84. The van der Waals surface area contributed by atoms with Gasteiger partial charge in [0, 0.05) is 17.9 Å². The van der Waals surface area contributed by atoms with Crippen molar-refractivity contribution in [2.75, 3.05) is 11.9 Å². The van der Waals surface area contributed by atoms with Crippen LogP contribution in [-0.2, 0) is 13.0 Å². The number of likely N-dealkylation sites (tertiary alicyclic amines) is 1. The molecule has 0 amide bonds. The summed E-state index contributed by atoms with van der Waals surface area (Å²) in [5.41, 5.74) is 2.91. The third kappa shape index (κ3) is 3.83. The van der Waals surface area contributed by atoms with E-state index in [1.807, 2.05) is 0 Å². The number of hydrogen-bond acceptors (Lipinski definition) is 1. The van der Waals surface area contributed by atoms with E-state index in [4.69, 9.17) is 0 Å². The molecule has 1 atom stereocenters. The van der Waals surface area contributed by atoms with Gasteiger partial charge in [0.25, 0.3) is 0 Å². The van der Waals surface area contributed by atoms with E-state index in [2.05, 4.69) is 52.0 Å². The van der Waals surface area contributed by atoms with Crippen molar-refractivity contribution in [3.8, 4) is 0 Å². The van der Waals surface area contributed by atoms with E-state index in [1.165, 1.54) is 43.4 Å². The summed E-state index contributed by atoms with van der Waals surface area (Å²) in [6, 6.07) is 9.94. The van der Waals surface area contributed by atoms with Crippen LogP contribution in [0.1, 0.15) is 43.7 Å².